The highest BCUT2D eigenvalue weighted by Crippen LogP contribution is 2.52. The number of benzene rings is 1. The second kappa shape index (κ2) is 18.1. The van der Waals surface area contributed by atoms with Gasteiger partial charge < -0.3 is 35.7 Å². The Morgan fingerprint density at radius 2 is 1.58 bits per heavy atom. The third-order valence-electron chi connectivity index (χ3n) is 12.5. The fourth-order valence-corrected chi connectivity index (χ4v) is 10.1. The number of nitrogens with one attached hydrogen (secondary N) is 2. The maximum Gasteiger partial charge on any atom is 0.333 e. The molecule has 1 aromatic carbocycles. The molecule has 3 heterocycles. The van der Waals surface area contributed by atoms with E-state index in [-0.39, 0.29) is 59.8 Å². The summed E-state index contributed by atoms with van der Waals surface area (Å²) in [6, 6.07) is 7.51. The van der Waals surface area contributed by atoms with E-state index < -0.39 is 85.9 Å². The number of ether oxygens (including phenoxy) is 1. The Balaban J connectivity index is 1.69. The molecule has 19 heteroatoms. The van der Waals surface area contributed by atoms with Crippen LogP contribution in [0.15, 0.2) is 57.2 Å². The van der Waals surface area contributed by atoms with Crippen molar-refractivity contribution in [2.24, 2.45) is 17.4 Å². The van der Waals surface area contributed by atoms with Gasteiger partial charge in [0.2, 0.25) is 11.8 Å². The number of hydrogen-bond donors (Lipinski definition) is 4. The molecule has 4 unspecified atom stereocenters. The predicted octanol–water partition coefficient (Wildman–Crippen LogP) is 3.74. The highest BCUT2D eigenvalue weighted by atomic mass is 32.2. The Hall–Kier alpha value is -3.44. The number of carbonyl (C=O) groups excluding carboxylic acids is 2. The van der Waals surface area contributed by atoms with Gasteiger partial charge in [-0.3, -0.25) is 23.5 Å². The second-order valence-electron chi connectivity index (χ2n) is 19.5. The number of nitrogens with two attached hydrogens (primary N) is 2. The molecule has 2 aliphatic rings. The van der Waals surface area contributed by atoms with Crippen LogP contribution in [-0.2, 0) is 50.4 Å². The van der Waals surface area contributed by atoms with E-state index in [1.165, 1.54) is 10.8 Å². The van der Waals surface area contributed by atoms with Crippen LogP contribution in [0.2, 0.25) is 36.3 Å². The van der Waals surface area contributed by atoms with Crippen LogP contribution in [-0.4, -0.2) is 89.0 Å². The van der Waals surface area contributed by atoms with Crippen molar-refractivity contribution in [1.29, 1.82) is 0 Å². The smallest absolute Gasteiger partial charge is 0.333 e. The summed E-state index contributed by atoms with van der Waals surface area (Å²) in [6.07, 6.45) is -1.93. The van der Waals surface area contributed by atoms with Crippen molar-refractivity contribution < 1.29 is 35.8 Å². The third-order valence-corrected chi connectivity index (χ3v) is 22.5. The standard InChI is InChI=1S/C41H68N6O10SSi2/c1-26(2)32(43)35(49)45-29(22-28-18-15-14-16-19-28)34(48)44-20-17-21-46-36(50)27(3)23-47(38(46)51)37-33(56-60(12,13)40(7,8)9)41(30(42)25-58(52,53)57-41)31(55-37)24-54-59(10,11)39(4,5)6/h14-16,18-19,23,25-26,29,31-33,37H,17,20-22,24,42-43H2,1-13H3,(H,44,48)(H,45,49)/t29-,31?,32-,33?,37?,41?/m0/s1. The van der Waals surface area contributed by atoms with Crippen molar-refractivity contribution in [2.45, 2.75) is 154 Å². The number of nitrogens with zero attached hydrogens (tertiary/aromatic N) is 2. The Kier molecular flexibility index (Phi) is 14.9. The molecule has 6 atom stereocenters. The molecule has 6 N–H and O–H groups in total. The minimum Gasteiger partial charge on any atom is -0.414 e. The van der Waals surface area contributed by atoms with Crippen LogP contribution in [0, 0.1) is 12.8 Å². The monoisotopic (exact) mass is 892 g/mol. The summed E-state index contributed by atoms with van der Waals surface area (Å²) in [5.41, 5.74) is 10.4. The van der Waals surface area contributed by atoms with E-state index in [4.69, 9.17) is 29.2 Å². The molecule has 0 radical (unpaired) electrons. The van der Waals surface area contributed by atoms with Crippen LogP contribution in [0.25, 0.3) is 0 Å². The molecule has 4 rings (SSSR count). The van der Waals surface area contributed by atoms with Crippen molar-refractivity contribution in [3.63, 3.8) is 0 Å². The zero-order chi connectivity index (χ0) is 45.4. The molecule has 2 aromatic rings. The Morgan fingerprint density at radius 1 is 0.983 bits per heavy atom. The summed E-state index contributed by atoms with van der Waals surface area (Å²) in [5, 5.41) is 5.90. The second-order valence-corrected chi connectivity index (χ2v) is 30.4. The first-order chi connectivity index (χ1) is 27.5. The predicted molar refractivity (Wildman–Crippen MR) is 236 cm³/mol. The molecule has 1 fully saturated rings. The number of aryl methyl sites for hydroxylation is 1. The molecular formula is C41H68N6O10SSi2. The van der Waals surface area contributed by atoms with Crippen LogP contribution in [0.1, 0.15) is 79.2 Å². The number of aromatic nitrogens is 2. The van der Waals surface area contributed by atoms with Gasteiger partial charge in [0.05, 0.1) is 23.8 Å². The molecule has 0 bridgehead atoms. The minimum absolute atomic E-state index is 0.0656. The molecule has 336 valence electrons. The Labute approximate surface area is 357 Å². The van der Waals surface area contributed by atoms with Gasteiger partial charge in [0.25, 0.3) is 15.7 Å². The fraction of sp³-hybridized carbons (Fsp3) is 0.659. The number of carbonyl (C=O) groups is 2. The number of rotatable bonds is 16. The average molecular weight is 893 g/mol. The summed E-state index contributed by atoms with van der Waals surface area (Å²) >= 11 is 0. The van der Waals surface area contributed by atoms with Crippen LogP contribution in [0.4, 0.5) is 0 Å². The maximum absolute atomic E-state index is 14.5. The number of hydrogen-bond acceptors (Lipinski definition) is 12. The van der Waals surface area contributed by atoms with E-state index in [0.717, 1.165) is 15.5 Å². The van der Waals surface area contributed by atoms with Crippen LogP contribution < -0.4 is 33.3 Å². The molecule has 2 aliphatic heterocycles. The van der Waals surface area contributed by atoms with Gasteiger partial charge in [-0.05, 0) is 61.1 Å². The van der Waals surface area contributed by atoms with Gasteiger partial charge in [0.15, 0.2) is 28.5 Å². The highest BCUT2D eigenvalue weighted by molar-refractivity contribution is 7.90. The van der Waals surface area contributed by atoms with Crippen molar-refractivity contribution in [1.82, 2.24) is 19.8 Å². The highest BCUT2D eigenvalue weighted by Gasteiger charge is 2.67. The van der Waals surface area contributed by atoms with E-state index in [0.29, 0.717) is 0 Å². The molecular weight excluding hydrogens is 825 g/mol. The lowest BCUT2D eigenvalue weighted by atomic mass is 9.89. The van der Waals surface area contributed by atoms with Gasteiger partial charge in [0.1, 0.15) is 18.2 Å². The topological polar surface area (TPSA) is 225 Å². The maximum atomic E-state index is 14.5. The molecule has 60 heavy (non-hydrogen) atoms. The summed E-state index contributed by atoms with van der Waals surface area (Å²) < 4.78 is 55.0. The van der Waals surface area contributed by atoms with Crippen LogP contribution in [0.5, 0.6) is 0 Å². The summed E-state index contributed by atoms with van der Waals surface area (Å²) in [7, 11) is -9.57. The van der Waals surface area contributed by atoms with Gasteiger partial charge in [-0.2, -0.15) is 8.42 Å². The van der Waals surface area contributed by atoms with Crippen molar-refractivity contribution >= 4 is 38.6 Å². The number of amides is 2. The van der Waals surface area contributed by atoms with Gasteiger partial charge in [-0.1, -0.05) is 85.7 Å². The van der Waals surface area contributed by atoms with E-state index in [1.807, 2.05) is 78.0 Å². The van der Waals surface area contributed by atoms with Gasteiger partial charge in [0, 0.05) is 31.3 Å². The van der Waals surface area contributed by atoms with Crippen LogP contribution >= 0.6 is 0 Å². The lowest BCUT2D eigenvalue weighted by Gasteiger charge is -2.43. The van der Waals surface area contributed by atoms with E-state index >= 15 is 0 Å². The van der Waals surface area contributed by atoms with E-state index in [9.17, 15) is 27.6 Å². The van der Waals surface area contributed by atoms with Crippen molar-refractivity contribution in [2.75, 3.05) is 13.2 Å². The molecule has 2 amide bonds. The lowest BCUT2D eigenvalue weighted by Crippen LogP contribution is -2.59. The molecule has 1 aromatic heterocycles. The first-order valence-corrected chi connectivity index (χ1v) is 27.9. The molecule has 0 aliphatic carbocycles. The molecule has 1 saturated heterocycles. The lowest BCUT2D eigenvalue weighted by molar-refractivity contribution is -0.130. The summed E-state index contributed by atoms with van der Waals surface area (Å²) in [6.45, 7) is 25.4. The van der Waals surface area contributed by atoms with Gasteiger partial charge in [-0.25, -0.2) is 8.98 Å². The third kappa shape index (κ3) is 10.6. The van der Waals surface area contributed by atoms with Crippen molar-refractivity contribution in [3.05, 3.63) is 79.6 Å². The zero-order valence-corrected chi connectivity index (χ0v) is 40.4. The van der Waals surface area contributed by atoms with E-state index in [1.54, 1.807) is 6.92 Å². The van der Waals surface area contributed by atoms with E-state index in [2.05, 4.69) is 44.5 Å². The minimum atomic E-state index is -4.31. The molecule has 1 spiro atoms. The zero-order valence-electron chi connectivity index (χ0n) is 37.6. The van der Waals surface area contributed by atoms with Gasteiger partial charge in [-0.15, -0.1) is 0 Å². The molecule has 16 nitrogen and oxygen atoms in total. The largest absolute Gasteiger partial charge is 0.414 e. The summed E-state index contributed by atoms with van der Waals surface area (Å²) in [5.74, 6) is -1.05. The normalized spacial score (nSPS) is 23.1. The first-order valence-electron chi connectivity index (χ1n) is 20.6. The van der Waals surface area contributed by atoms with Gasteiger partial charge >= 0.3 is 5.69 Å². The fourth-order valence-electron chi connectivity index (χ4n) is 6.55. The quantitative estimate of drug-likeness (QED) is 0.108. The Bertz CT molecular complexity index is 2140. The average Bonchev–Trinajstić information content (AvgIpc) is 3.56. The van der Waals surface area contributed by atoms with Crippen molar-refractivity contribution in [3.8, 4) is 0 Å². The first kappa shape index (κ1) is 49.2. The molecule has 0 saturated carbocycles. The van der Waals surface area contributed by atoms with Crippen LogP contribution in [0.3, 0.4) is 0 Å². The Morgan fingerprint density at radius 3 is 2.12 bits per heavy atom. The SMILES string of the molecule is Cc1cn(C2OC(CO[Si](C)(C)C(C)(C)C)C3(OS(=O)(=O)C=C3N)C2O[Si](C)(C)C(C)(C)C)c(=O)n(CCCNC(=O)[C@H](Cc2ccccc2)NC(=O)[C@@H](N)C(C)C)c1=O. The summed E-state index contributed by atoms with van der Waals surface area (Å²) in [4.78, 5) is 54.6.